The van der Waals surface area contributed by atoms with Crippen molar-refractivity contribution in [2.45, 2.75) is 13.0 Å². The Morgan fingerprint density at radius 2 is 1.54 bits per heavy atom. The lowest BCUT2D eigenvalue weighted by Gasteiger charge is -2.36. The fourth-order valence-corrected chi connectivity index (χ4v) is 4.33. The molecule has 0 aromatic heterocycles. The van der Waals surface area contributed by atoms with Crippen LogP contribution in [-0.4, -0.2) is 37.7 Å². The molecule has 0 saturated carbocycles. The molecular formula is C25H26N2O. The standard InChI is InChI=1S/C25H26N2O/c1-2-7-21(8-3-1)23-10-4-6-20(18-23)19-26-13-15-27(16-14-26)24-11-5-9-22-12-17-28-25(22)24/h1-11,18H,12-17,19H2. The molecule has 2 heterocycles. The van der Waals surface area contributed by atoms with Gasteiger partial charge in [-0.3, -0.25) is 4.90 Å². The molecule has 0 radical (unpaired) electrons. The summed E-state index contributed by atoms with van der Waals surface area (Å²) < 4.78 is 5.91. The summed E-state index contributed by atoms with van der Waals surface area (Å²) in [4.78, 5) is 5.05. The maximum atomic E-state index is 5.91. The van der Waals surface area contributed by atoms with Crippen LogP contribution in [0.3, 0.4) is 0 Å². The van der Waals surface area contributed by atoms with Gasteiger partial charge in [0, 0.05) is 39.1 Å². The van der Waals surface area contributed by atoms with Crippen LogP contribution < -0.4 is 9.64 Å². The smallest absolute Gasteiger partial charge is 0.145 e. The van der Waals surface area contributed by atoms with E-state index in [0.29, 0.717) is 0 Å². The number of nitrogens with zero attached hydrogens (tertiary/aromatic N) is 2. The Labute approximate surface area is 167 Å². The summed E-state index contributed by atoms with van der Waals surface area (Å²) in [7, 11) is 0. The maximum absolute atomic E-state index is 5.91. The number of anilines is 1. The summed E-state index contributed by atoms with van der Waals surface area (Å²) in [5, 5.41) is 0. The predicted octanol–water partition coefficient (Wildman–Crippen LogP) is 4.61. The average molecular weight is 370 g/mol. The second-order valence-corrected chi connectivity index (χ2v) is 7.69. The molecule has 0 spiro atoms. The Morgan fingerprint density at radius 3 is 2.39 bits per heavy atom. The van der Waals surface area contributed by atoms with Gasteiger partial charge in [0.2, 0.25) is 0 Å². The second-order valence-electron chi connectivity index (χ2n) is 7.69. The summed E-state index contributed by atoms with van der Waals surface area (Å²) in [6.45, 7) is 6.11. The number of rotatable bonds is 4. The zero-order chi connectivity index (χ0) is 18.8. The predicted molar refractivity (Wildman–Crippen MR) is 115 cm³/mol. The SMILES string of the molecule is c1ccc(-c2cccc(CN3CCN(c4cccc5c4OCC5)CC3)c2)cc1. The van der Waals surface area contributed by atoms with E-state index in [2.05, 4.69) is 82.6 Å². The van der Waals surface area contributed by atoms with Crippen molar-refractivity contribution in [3.63, 3.8) is 0 Å². The highest BCUT2D eigenvalue weighted by Crippen LogP contribution is 2.36. The zero-order valence-electron chi connectivity index (χ0n) is 16.2. The minimum atomic E-state index is 0.823. The Balaban J connectivity index is 1.24. The van der Waals surface area contributed by atoms with Crippen molar-refractivity contribution in [1.82, 2.24) is 4.90 Å². The van der Waals surface area contributed by atoms with Crippen molar-refractivity contribution in [2.75, 3.05) is 37.7 Å². The highest BCUT2D eigenvalue weighted by molar-refractivity contribution is 5.64. The van der Waals surface area contributed by atoms with Gasteiger partial charge in [-0.25, -0.2) is 0 Å². The molecule has 0 N–H and O–H groups in total. The number of benzene rings is 3. The van der Waals surface area contributed by atoms with Gasteiger partial charge >= 0.3 is 0 Å². The van der Waals surface area contributed by atoms with Crippen LogP contribution in [-0.2, 0) is 13.0 Å². The average Bonchev–Trinajstić information content (AvgIpc) is 3.24. The third-order valence-corrected chi connectivity index (χ3v) is 5.85. The van der Waals surface area contributed by atoms with E-state index in [4.69, 9.17) is 4.74 Å². The van der Waals surface area contributed by atoms with Gasteiger partial charge in [-0.2, -0.15) is 0 Å². The molecule has 5 rings (SSSR count). The van der Waals surface area contributed by atoms with Gasteiger partial charge in [-0.15, -0.1) is 0 Å². The molecule has 3 aromatic rings. The van der Waals surface area contributed by atoms with Crippen LogP contribution in [0.2, 0.25) is 0 Å². The van der Waals surface area contributed by atoms with Gasteiger partial charge in [0.25, 0.3) is 0 Å². The summed E-state index contributed by atoms with van der Waals surface area (Å²) in [6.07, 6.45) is 1.04. The molecule has 1 saturated heterocycles. The quantitative estimate of drug-likeness (QED) is 0.667. The van der Waals surface area contributed by atoms with Crippen molar-refractivity contribution >= 4 is 5.69 Å². The van der Waals surface area contributed by atoms with Crippen molar-refractivity contribution in [1.29, 1.82) is 0 Å². The fraction of sp³-hybridized carbons (Fsp3) is 0.280. The van der Waals surface area contributed by atoms with E-state index in [1.807, 2.05) is 0 Å². The Bertz CT molecular complexity index is 946. The van der Waals surface area contributed by atoms with E-state index in [1.54, 1.807) is 0 Å². The Morgan fingerprint density at radius 1 is 0.750 bits per heavy atom. The molecule has 0 bridgehead atoms. The number of para-hydroxylation sites is 1. The molecule has 28 heavy (non-hydrogen) atoms. The zero-order valence-corrected chi connectivity index (χ0v) is 16.2. The monoisotopic (exact) mass is 370 g/mol. The van der Waals surface area contributed by atoms with E-state index >= 15 is 0 Å². The number of hydrogen-bond acceptors (Lipinski definition) is 3. The minimum absolute atomic E-state index is 0.823. The molecule has 142 valence electrons. The number of ether oxygens (including phenoxy) is 1. The van der Waals surface area contributed by atoms with Crippen molar-refractivity contribution < 1.29 is 4.74 Å². The first-order valence-electron chi connectivity index (χ1n) is 10.2. The first-order chi connectivity index (χ1) is 13.9. The molecule has 0 atom stereocenters. The van der Waals surface area contributed by atoms with E-state index in [-0.39, 0.29) is 0 Å². The topological polar surface area (TPSA) is 15.7 Å². The fourth-order valence-electron chi connectivity index (χ4n) is 4.33. The first kappa shape index (κ1) is 17.3. The molecule has 3 nitrogen and oxygen atoms in total. The van der Waals surface area contributed by atoms with Gasteiger partial charge in [-0.05, 0) is 34.4 Å². The van der Waals surface area contributed by atoms with Gasteiger partial charge < -0.3 is 9.64 Å². The van der Waals surface area contributed by atoms with Crippen molar-refractivity contribution in [3.8, 4) is 16.9 Å². The van der Waals surface area contributed by atoms with E-state index < -0.39 is 0 Å². The van der Waals surface area contributed by atoms with Crippen LogP contribution in [0.1, 0.15) is 11.1 Å². The largest absolute Gasteiger partial charge is 0.491 e. The van der Waals surface area contributed by atoms with Gasteiger partial charge in [0.05, 0.1) is 12.3 Å². The van der Waals surface area contributed by atoms with Crippen LogP contribution in [0.25, 0.3) is 11.1 Å². The van der Waals surface area contributed by atoms with Crippen LogP contribution in [0, 0.1) is 0 Å². The highest BCUT2D eigenvalue weighted by Gasteiger charge is 2.23. The minimum Gasteiger partial charge on any atom is -0.491 e. The third kappa shape index (κ3) is 3.50. The molecule has 3 aromatic carbocycles. The van der Waals surface area contributed by atoms with E-state index in [0.717, 1.165) is 51.5 Å². The molecule has 2 aliphatic rings. The van der Waals surface area contributed by atoms with Gasteiger partial charge in [-0.1, -0.05) is 60.7 Å². The molecule has 0 unspecified atom stereocenters. The lowest BCUT2D eigenvalue weighted by atomic mass is 10.0. The second kappa shape index (κ2) is 7.69. The Kier molecular flexibility index (Phi) is 4.76. The molecular weight excluding hydrogens is 344 g/mol. The molecule has 0 amide bonds. The summed E-state index contributed by atoms with van der Waals surface area (Å²) in [5.41, 5.74) is 6.61. The summed E-state index contributed by atoms with van der Waals surface area (Å²) in [6, 6.07) is 26.2. The van der Waals surface area contributed by atoms with Gasteiger partial charge in [0.1, 0.15) is 5.75 Å². The number of fused-ring (bicyclic) bond motifs is 1. The van der Waals surface area contributed by atoms with E-state index in [1.165, 1.54) is 27.9 Å². The normalized spacial score (nSPS) is 16.6. The van der Waals surface area contributed by atoms with Gasteiger partial charge in [0.15, 0.2) is 0 Å². The summed E-state index contributed by atoms with van der Waals surface area (Å²) >= 11 is 0. The molecule has 1 fully saturated rings. The lowest BCUT2D eigenvalue weighted by molar-refractivity contribution is 0.249. The molecule has 2 aliphatic heterocycles. The first-order valence-corrected chi connectivity index (χ1v) is 10.2. The number of piperazine rings is 1. The van der Waals surface area contributed by atoms with Crippen molar-refractivity contribution in [2.24, 2.45) is 0 Å². The highest BCUT2D eigenvalue weighted by atomic mass is 16.5. The lowest BCUT2D eigenvalue weighted by Crippen LogP contribution is -2.46. The van der Waals surface area contributed by atoms with Crippen molar-refractivity contribution in [3.05, 3.63) is 83.9 Å². The summed E-state index contributed by atoms with van der Waals surface area (Å²) in [5.74, 6) is 1.12. The molecule has 0 aliphatic carbocycles. The number of hydrogen-bond donors (Lipinski definition) is 0. The van der Waals surface area contributed by atoms with Crippen LogP contribution in [0.5, 0.6) is 5.75 Å². The maximum Gasteiger partial charge on any atom is 0.145 e. The third-order valence-electron chi connectivity index (χ3n) is 5.85. The molecule has 3 heteroatoms. The van der Waals surface area contributed by atoms with E-state index in [9.17, 15) is 0 Å². The van der Waals surface area contributed by atoms with Crippen LogP contribution in [0.15, 0.2) is 72.8 Å². The van der Waals surface area contributed by atoms with Crippen LogP contribution in [0.4, 0.5) is 5.69 Å². The Hall–Kier alpha value is -2.78. The van der Waals surface area contributed by atoms with Crippen LogP contribution >= 0.6 is 0 Å².